The van der Waals surface area contributed by atoms with E-state index in [2.05, 4.69) is 12.2 Å². The molecule has 2 unspecified atom stereocenters. The van der Waals surface area contributed by atoms with Crippen LogP contribution in [0.4, 0.5) is 5.69 Å². The largest absolute Gasteiger partial charge is 0.462 e. The molecule has 0 radical (unpaired) electrons. The van der Waals surface area contributed by atoms with Crippen LogP contribution in [0.2, 0.25) is 0 Å². The Hall–Kier alpha value is -1.84. The third kappa shape index (κ3) is 5.58. The van der Waals surface area contributed by atoms with Crippen molar-refractivity contribution in [3.8, 4) is 0 Å². The van der Waals surface area contributed by atoms with Gasteiger partial charge in [0.1, 0.15) is 6.10 Å². The summed E-state index contributed by atoms with van der Waals surface area (Å²) in [6.45, 7) is 2.19. The summed E-state index contributed by atoms with van der Waals surface area (Å²) in [5.74, 6) is 0.199. The lowest BCUT2D eigenvalue weighted by atomic mass is 9.89. The molecule has 1 saturated carbocycles. The van der Waals surface area contributed by atoms with Gasteiger partial charge in [0.15, 0.2) is 0 Å². The molecule has 2 rings (SSSR count). The molecule has 114 valence electrons. The molecule has 0 aromatic heterocycles. The predicted octanol–water partition coefficient (Wildman–Crippen LogP) is 3.53. The first-order valence-corrected chi connectivity index (χ1v) is 7.68. The lowest BCUT2D eigenvalue weighted by Gasteiger charge is -2.26. The van der Waals surface area contributed by atoms with Crippen molar-refractivity contribution in [1.82, 2.24) is 0 Å². The first-order chi connectivity index (χ1) is 10.1. The molecule has 0 heterocycles. The second-order valence-corrected chi connectivity index (χ2v) is 5.80. The molecular formula is C17H23NO3. The van der Waals surface area contributed by atoms with Gasteiger partial charge in [-0.05, 0) is 37.3 Å². The van der Waals surface area contributed by atoms with E-state index in [9.17, 15) is 9.59 Å². The SMILES string of the molecule is CC1CCCC(OC(=O)CCC(=O)Nc2ccccc2)C1. The average Bonchev–Trinajstić information content (AvgIpc) is 2.46. The van der Waals surface area contributed by atoms with Gasteiger partial charge in [0.2, 0.25) is 5.91 Å². The Kier molecular flexibility index (Phi) is 5.78. The van der Waals surface area contributed by atoms with Gasteiger partial charge in [-0.25, -0.2) is 0 Å². The quantitative estimate of drug-likeness (QED) is 0.844. The summed E-state index contributed by atoms with van der Waals surface area (Å²) in [7, 11) is 0. The number of rotatable bonds is 5. The molecule has 0 spiro atoms. The summed E-state index contributed by atoms with van der Waals surface area (Å²) in [6.07, 6.45) is 4.58. The molecule has 1 aromatic carbocycles. The number of hydrogen-bond donors (Lipinski definition) is 1. The molecule has 2 atom stereocenters. The second-order valence-electron chi connectivity index (χ2n) is 5.80. The van der Waals surface area contributed by atoms with Crippen LogP contribution in [0.15, 0.2) is 30.3 Å². The zero-order chi connectivity index (χ0) is 15.1. The molecule has 1 amide bonds. The van der Waals surface area contributed by atoms with E-state index < -0.39 is 0 Å². The Morgan fingerprint density at radius 1 is 1.19 bits per heavy atom. The first kappa shape index (κ1) is 15.5. The number of hydrogen-bond acceptors (Lipinski definition) is 3. The zero-order valence-electron chi connectivity index (χ0n) is 12.5. The van der Waals surface area contributed by atoms with Crippen LogP contribution in [-0.4, -0.2) is 18.0 Å². The van der Waals surface area contributed by atoms with Crippen LogP contribution in [0.5, 0.6) is 0 Å². The number of carbonyl (C=O) groups is 2. The minimum absolute atomic E-state index is 0.0402. The smallest absolute Gasteiger partial charge is 0.306 e. The lowest BCUT2D eigenvalue weighted by Crippen LogP contribution is -2.25. The maximum absolute atomic E-state index is 11.8. The van der Waals surface area contributed by atoms with Crippen LogP contribution in [0.3, 0.4) is 0 Å². The summed E-state index contributed by atoms with van der Waals surface area (Å²) in [6, 6.07) is 9.24. The normalized spacial score (nSPS) is 21.6. The number of nitrogens with one attached hydrogen (secondary N) is 1. The highest BCUT2D eigenvalue weighted by atomic mass is 16.5. The number of amides is 1. The molecule has 0 aliphatic heterocycles. The fraction of sp³-hybridized carbons (Fsp3) is 0.529. The van der Waals surface area contributed by atoms with E-state index in [-0.39, 0.29) is 30.8 Å². The molecule has 1 aliphatic rings. The lowest BCUT2D eigenvalue weighted by molar-refractivity contribution is -0.152. The zero-order valence-corrected chi connectivity index (χ0v) is 12.5. The van der Waals surface area contributed by atoms with Crippen molar-refractivity contribution >= 4 is 17.6 Å². The van der Waals surface area contributed by atoms with Gasteiger partial charge in [-0.2, -0.15) is 0 Å². The van der Waals surface area contributed by atoms with E-state index in [1.54, 1.807) is 0 Å². The highest BCUT2D eigenvalue weighted by Gasteiger charge is 2.22. The summed E-state index contributed by atoms with van der Waals surface area (Å²) in [5, 5.41) is 2.76. The van der Waals surface area contributed by atoms with Gasteiger partial charge in [0.25, 0.3) is 0 Å². The Bertz CT molecular complexity index is 472. The van der Waals surface area contributed by atoms with E-state index in [1.165, 1.54) is 6.42 Å². The van der Waals surface area contributed by atoms with E-state index in [0.717, 1.165) is 24.9 Å². The Morgan fingerprint density at radius 3 is 2.67 bits per heavy atom. The molecule has 4 heteroatoms. The summed E-state index contributed by atoms with van der Waals surface area (Å²) < 4.78 is 5.44. The molecule has 21 heavy (non-hydrogen) atoms. The van der Waals surface area contributed by atoms with E-state index in [0.29, 0.717) is 5.92 Å². The van der Waals surface area contributed by atoms with Crippen molar-refractivity contribution in [2.75, 3.05) is 5.32 Å². The van der Waals surface area contributed by atoms with Crippen LogP contribution < -0.4 is 5.32 Å². The molecule has 1 fully saturated rings. The van der Waals surface area contributed by atoms with Crippen molar-refractivity contribution in [1.29, 1.82) is 0 Å². The maximum atomic E-state index is 11.8. The van der Waals surface area contributed by atoms with Gasteiger partial charge in [0.05, 0.1) is 6.42 Å². The molecule has 1 aliphatic carbocycles. The van der Waals surface area contributed by atoms with E-state index >= 15 is 0 Å². The van der Waals surface area contributed by atoms with Crippen molar-refractivity contribution in [2.24, 2.45) is 5.92 Å². The number of ether oxygens (including phenoxy) is 1. The minimum atomic E-state index is -0.266. The van der Waals surface area contributed by atoms with Gasteiger partial charge in [-0.1, -0.05) is 31.5 Å². The number of esters is 1. The van der Waals surface area contributed by atoms with Gasteiger partial charge in [-0.15, -0.1) is 0 Å². The summed E-state index contributed by atoms with van der Waals surface area (Å²) in [4.78, 5) is 23.5. The van der Waals surface area contributed by atoms with Gasteiger partial charge >= 0.3 is 5.97 Å². The summed E-state index contributed by atoms with van der Waals surface area (Å²) in [5.41, 5.74) is 0.747. The van der Waals surface area contributed by atoms with Crippen molar-refractivity contribution < 1.29 is 14.3 Å². The van der Waals surface area contributed by atoms with Crippen LogP contribution in [0.1, 0.15) is 45.4 Å². The molecule has 0 bridgehead atoms. The van der Waals surface area contributed by atoms with Crippen LogP contribution in [-0.2, 0) is 14.3 Å². The highest BCUT2D eigenvalue weighted by Crippen LogP contribution is 2.26. The average molecular weight is 289 g/mol. The highest BCUT2D eigenvalue weighted by molar-refractivity contribution is 5.92. The van der Waals surface area contributed by atoms with E-state index in [4.69, 9.17) is 4.74 Å². The van der Waals surface area contributed by atoms with E-state index in [1.807, 2.05) is 30.3 Å². The predicted molar refractivity (Wildman–Crippen MR) is 81.8 cm³/mol. The molecule has 0 saturated heterocycles. The Balaban J connectivity index is 1.67. The Labute approximate surface area is 125 Å². The maximum Gasteiger partial charge on any atom is 0.306 e. The molecule has 1 aromatic rings. The molecule has 1 N–H and O–H groups in total. The topological polar surface area (TPSA) is 55.4 Å². The molecular weight excluding hydrogens is 266 g/mol. The summed E-state index contributed by atoms with van der Waals surface area (Å²) >= 11 is 0. The monoisotopic (exact) mass is 289 g/mol. The van der Waals surface area contributed by atoms with Crippen LogP contribution in [0.25, 0.3) is 0 Å². The Morgan fingerprint density at radius 2 is 1.95 bits per heavy atom. The number of para-hydroxylation sites is 1. The standard InChI is InChI=1S/C17H23NO3/c1-13-6-5-9-15(12-13)21-17(20)11-10-16(19)18-14-7-3-2-4-8-14/h2-4,7-8,13,15H,5-6,9-12H2,1H3,(H,18,19). The number of anilines is 1. The van der Waals surface area contributed by atoms with Crippen LogP contribution >= 0.6 is 0 Å². The third-order valence-corrected chi connectivity index (χ3v) is 3.80. The fourth-order valence-electron chi connectivity index (χ4n) is 2.69. The van der Waals surface area contributed by atoms with Gasteiger partial charge in [0, 0.05) is 12.1 Å². The number of carbonyl (C=O) groups excluding carboxylic acids is 2. The van der Waals surface area contributed by atoms with Gasteiger partial charge in [-0.3, -0.25) is 9.59 Å². The first-order valence-electron chi connectivity index (χ1n) is 7.68. The fourth-order valence-corrected chi connectivity index (χ4v) is 2.69. The number of benzene rings is 1. The van der Waals surface area contributed by atoms with Crippen molar-refractivity contribution in [2.45, 2.75) is 51.6 Å². The van der Waals surface area contributed by atoms with Gasteiger partial charge < -0.3 is 10.1 Å². The van der Waals surface area contributed by atoms with Crippen molar-refractivity contribution in [3.05, 3.63) is 30.3 Å². The third-order valence-electron chi connectivity index (χ3n) is 3.80. The minimum Gasteiger partial charge on any atom is -0.462 e. The second kappa shape index (κ2) is 7.81. The van der Waals surface area contributed by atoms with Crippen LogP contribution in [0, 0.1) is 5.92 Å². The van der Waals surface area contributed by atoms with Crippen molar-refractivity contribution in [3.63, 3.8) is 0 Å². The molecule has 4 nitrogen and oxygen atoms in total.